The minimum Gasteiger partial charge on any atom is -0.493 e. The summed E-state index contributed by atoms with van der Waals surface area (Å²) in [4.78, 5) is 14.6. The second kappa shape index (κ2) is 8.44. The standard InChI is InChI=1S/C20H24F3NO6/c1-28-15-4-3-12(9-16(15)29-2)13-10-19(27,20(21,22)23)11-14(25)17(13)18(26)24-5-7-30-8-6-24/h3-4,9,14,25,27H,5-8,10-11H2,1-2H3. The molecule has 2 aliphatic rings. The molecular weight excluding hydrogens is 407 g/mol. The van der Waals surface area contributed by atoms with E-state index in [1.165, 1.54) is 37.3 Å². The summed E-state index contributed by atoms with van der Waals surface area (Å²) in [5, 5.41) is 20.9. The first kappa shape index (κ1) is 22.4. The van der Waals surface area contributed by atoms with E-state index in [1.807, 2.05) is 0 Å². The molecule has 0 spiro atoms. The number of carbonyl (C=O) groups excluding carboxylic acids is 1. The third-order valence-electron chi connectivity index (χ3n) is 5.45. The summed E-state index contributed by atoms with van der Waals surface area (Å²) in [5.41, 5.74) is -3.17. The van der Waals surface area contributed by atoms with Crippen LogP contribution in [0.25, 0.3) is 5.57 Å². The van der Waals surface area contributed by atoms with Gasteiger partial charge >= 0.3 is 6.18 Å². The van der Waals surface area contributed by atoms with E-state index in [0.29, 0.717) is 19.0 Å². The molecule has 166 valence electrons. The van der Waals surface area contributed by atoms with Crippen LogP contribution < -0.4 is 9.47 Å². The van der Waals surface area contributed by atoms with Gasteiger partial charge in [-0.25, -0.2) is 0 Å². The van der Waals surface area contributed by atoms with Crippen molar-refractivity contribution in [3.05, 3.63) is 29.3 Å². The number of rotatable bonds is 4. The number of hydrogen-bond acceptors (Lipinski definition) is 6. The van der Waals surface area contributed by atoms with Crippen molar-refractivity contribution in [2.45, 2.75) is 30.7 Å². The highest BCUT2D eigenvalue weighted by Gasteiger charge is 2.58. The molecular formula is C20H24F3NO6. The first-order valence-corrected chi connectivity index (χ1v) is 9.41. The van der Waals surface area contributed by atoms with E-state index in [-0.39, 0.29) is 35.5 Å². The lowest BCUT2D eigenvalue weighted by Crippen LogP contribution is -2.52. The third-order valence-corrected chi connectivity index (χ3v) is 5.45. The van der Waals surface area contributed by atoms with E-state index in [2.05, 4.69) is 0 Å². The lowest BCUT2D eigenvalue weighted by Gasteiger charge is -2.40. The van der Waals surface area contributed by atoms with Gasteiger partial charge in [0.2, 0.25) is 0 Å². The first-order chi connectivity index (χ1) is 14.1. The van der Waals surface area contributed by atoms with Crippen LogP contribution in [0.5, 0.6) is 11.5 Å². The Morgan fingerprint density at radius 1 is 1.20 bits per heavy atom. The summed E-state index contributed by atoms with van der Waals surface area (Å²) in [6.45, 7) is 1.12. The molecule has 1 aliphatic heterocycles. The van der Waals surface area contributed by atoms with Gasteiger partial charge in [-0.2, -0.15) is 13.2 Å². The van der Waals surface area contributed by atoms with Crippen LogP contribution >= 0.6 is 0 Å². The number of aliphatic hydroxyl groups excluding tert-OH is 1. The zero-order chi connectivity index (χ0) is 22.1. The lowest BCUT2D eigenvalue weighted by atomic mass is 9.75. The van der Waals surface area contributed by atoms with E-state index < -0.39 is 36.6 Å². The summed E-state index contributed by atoms with van der Waals surface area (Å²) in [6.07, 6.45) is -8.65. The second-order valence-corrected chi connectivity index (χ2v) is 7.29. The molecule has 1 saturated heterocycles. The summed E-state index contributed by atoms with van der Waals surface area (Å²) < 4.78 is 56.4. The molecule has 1 aromatic rings. The minimum absolute atomic E-state index is 0.0778. The highest BCUT2D eigenvalue weighted by molar-refractivity contribution is 6.03. The number of methoxy groups -OCH3 is 2. The maximum Gasteiger partial charge on any atom is 0.417 e. The first-order valence-electron chi connectivity index (χ1n) is 9.41. The van der Waals surface area contributed by atoms with Crippen LogP contribution in [0.4, 0.5) is 13.2 Å². The predicted molar refractivity (Wildman–Crippen MR) is 100 cm³/mol. The molecule has 2 unspecified atom stereocenters. The van der Waals surface area contributed by atoms with E-state index in [9.17, 15) is 28.2 Å². The number of benzene rings is 1. The van der Waals surface area contributed by atoms with Crippen molar-refractivity contribution in [1.82, 2.24) is 4.90 Å². The number of amides is 1. The lowest BCUT2D eigenvalue weighted by molar-refractivity contribution is -0.266. The predicted octanol–water partition coefficient (Wildman–Crippen LogP) is 1.76. The summed E-state index contributed by atoms with van der Waals surface area (Å²) in [6, 6.07) is 4.39. The van der Waals surface area contributed by atoms with Crippen molar-refractivity contribution < 1.29 is 42.4 Å². The molecule has 0 radical (unpaired) electrons. The minimum atomic E-state index is -4.98. The molecule has 0 bridgehead atoms. The number of ether oxygens (including phenoxy) is 3. The Balaban J connectivity index is 2.14. The molecule has 0 saturated carbocycles. The smallest absolute Gasteiger partial charge is 0.417 e. The molecule has 30 heavy (non-hydrogen) atoms. The summed E-state index contributed by atoms with van der Waals surface area (Å²) in [5.74, 6) is 0.0291. The van der Waals surface area contributed by atoms with Crippen molar-refractivity contribution in [2.24, 2.45) is 0 Å². The van der Waals surface area contributed by atoms with Crippen molar-refractivity contribution in [3.63, 3.8) is 0 Å². The van der Waals surface area contributed by atoms with Gasteiger partial charge in [0, 0.05) is 31.5 Å². The maximum atomic E-state index is 13.6. The molecule has 1 aromatic carbocycles. The molecule has 1 fully saturated rings. The van der Waals surface area contributed by atoms with Crippen LogP contribution in [0.2, 0.25) is 0 Å². The van der Waals surface area contributed by atoms with E-state index in [0.717, 1.165) is 0 Å². The molecule has 2 N–H and O–H groups in total. The van der Waals surface area contributed by atoms with Crippen LogP contribution in [0, 0.1) is 0 Å². The zero-order valence-electron chi connectivity index (χ0n) is 16.7. The van der Waals surface area contributed by atoms with Crippen molar-refractivity contribution >= 4 is 11.5 Å². The van der Waals surface area contributed by atoms with Crippen LogP contribution in [0.3, 0.4) is 0 Å². The van der Waals surface area contributed by atoms with Crippen LogP contribution in [0.1, 0.15) is 18.4 Å². The normalized spacial score (nSPS) is 25.3. The molecule has 0 aromatic heterocycles. The van der Waals surface area contributed by atoms with E-state index >= 15 is 0 Å². The topological polar surface area (TPSA) is 88.5 Å². The van der Waals surface area contributed by atoms with Crippen molar-refractivity contribution in [1.29, 1.82) is 0 Å². The Morgan fingerprint density at radius 2 is 1.83 bits per heavy atom. The Morgan fingerprint density at radius 3 is 2.40 bits per heavy atom. The molecule has 2 atom stereocenters. The monoisotopic (exact) mass is 431 g/mol. The Kier molecular flexibility index (Phi) is 6.30. The summed E-state index contributed by atoms with van der Waals surface area (Å²) in [7, 11) is 2.79. The highest BCUT2D eigenvalue weighted by Crippen LogP contribution is 2.47. The SMILES string of the molecule is COc1ccc(C2=C(C(=O)N3CCOCC3)C(O)CC(O)(C(F)(F)F)C2)cc1OC. The second-order valence-electron chi connectivity index (χ2n) is 7.29. The fourth-order valence-corrected chi connectivity index (χ4v) is 3.79. The number of halogens is 3. The highest BCUT2D eigenvalue weighted by atomic mass is 19.4. The van der Waals surface area contributed by atoms with Gasteiger partial charge in [0.1, 0.15) is 0 Å². The Hall–Kier alpha value is -2.30. The molecule has 3 rings (SSSR count). The van der Waals surface area contributed by atoms with Gasteiger partial charge in [-0.1, -0.05) is 6.07 Å². The average molecular weight is 431 g/mol. The number of aliphatic hydroxyl groups is 2. The van der Waals surface area contributed by atoms with Crippen LogP contribution in [-0.4, -0.2) is 79.4 Å². The number of hydrogen-bond donors (Lipinski definition) is 2. The van der Waals surface area contributed by atoms with Crippen LogP contribution in [-0.2, 0) is 9.53 Å². The van der Waals surface area contributed by atoms with E-state index in [4.69, 9.17) is 14.2 Å². The quantitative estimate of drug-likeness (QED) is 0.756. The van der Waals surface area contributed by atoms with E-state index in [1.54, 1.807) is 0 Å². The van der Waals surface area contributed by atoms with Gasteiger partial charge in [0.25, 0.3) is 5.91 Å². The maximum absolute atomic E-state index is 13.6. The zero-order valence-corrected chi connectivity index (χ0v) is 16.7. The number of nitrogens with zero attached hydrogens (tertiary/aromatic N) is 1. The van der Waals surface area contributed by atoms with Gasteiger partial charge in [-0.05, 0) is 23.3 Å². The molecule has 7 nitrogen and oxygen atoms in total. The fraction of sp³-hybridized carbons (Fsp3) is 0.550. The molecule has 10 heteroatoms. The van der Waals surface area contributed by atoms with Crippen molar-refractivity contribution in [3.8, 4) is 11.5 Å². The van der Waals surface area contributed by atoms with Crippen molar-refractivity contribution in [2.75, 3.05) is 40.5 Å². The molecule has 1 aliphatic carbocycles. The Labute approximate surface area is 171 Å². The third kappa shape index (κ3) is 4.12. The average Bonchev–Trinajstić information content (AvgIpc) is 2.72. The van der Waals surface area contributed by atoms with Gasteiger partial charge < -0.3 is 29.3 Å². The Bertz CT molecular complexity index is 834. The van der Waals surface area contributed by atoms with Gasteiger partial charge in [0.15, 0.2) is 17.1 Å². The molecule has 1 amide bonds. The number of morpholine rings is 1. The largest absolute Gasteiger partial charge is 0.493 e. The van der Waals surface area contributed by atoms with Gasteiger partial charge in [-0.3, -0.25) is 4.79 Å². The number of carbonyl (C=O) groups is 1. The van der Waals surface area contributed by atoms with Gasteiger partial charge in [-0.15, -0.1) is 0 Å². The van der Waals surface area contributed by atoms with Crippen LogP contribution in [0.15, 0.2) is 23.8 Å². The molecule has 1 heterocycles. The summed E-state index contributed by atoms with van der Waals surface area (Å²) >= 11 is 0. The number of alkyl halides is 3. The van der Waals surface area contributed by atoms with Gasteiger partial charge in [0.05, 0.1) is 33.5 Å². The fourth-order valence-electron chi connectivity index (χ4n) is 3.79.